The molecule has 0 unspecified atom stereocenters. The minimum absolute atomic E-state index is 0.536. The number of fused-ring (bicyclic) bond motifs is 1. The van der Waals surface area contributed by atoms with Crippen LogP contribution in [0.1, 0.15) is 19.4 Å². The average molecular weight is 446 g/mol. The van der Waals surface area contributed by atoms with Gasteiger partial charge in [-0.25, -0.2) is 4.52 Å². The average Bonchev–Trinajstić information content (AvgIpc) is 3.26. The zero-order valence-electron chi connectivity index (χ0n) is 19.7. The third-order valence-corrected chi connectivity index (χ3v) is 5.75. The number of hydrogen-bond donors (Lipinski definition) is 1. The molecule has 0 amide bonds. The Balaban J connectivity index is 1.53. The second-order valence-corrected chi connectivity index (χ2v) is 7.83. The van der Waals surface area contributed by atoms with Crippen molar-refractivity contribution in [1.82, 2.24) is 19.5 Å². The van der Waals surface area contributed by atoms with Crippen LogP contribution in [0.5, 0.6) is 11.5 Å². The van der Waals surface area contributed by atoms with Crippen molar-refractivity contribution >= 4 is 17.3 Å². The summed E-state index contributed by atoms with van der Waals surface area (Å²) in [5.41, 5.74) is 4.76. The zero-order chi connectivity index (χ0) is 23.2. The van der Waals surface area contributed by atoms with E-state index in [1.54, 1.807) is 7.11 Å². The second kappa shape index (κ2) is 10.4. The minimum Gasteiger partial charge on any atom is -0.497 e. The predicted octanol–water partition coefficient (Wildman–Crippen LogP) is 5.18. The summed E-state index contributed by atoms with van der Waals surface area (Å²) in [4.78, 5) is 7.00. The maximum atomic E-state index is 6.07. The Labute approximate surface area is 195 Å². The van der Waals surface area contributed by atoms with E-state index in [0.29, 0.717) is 12.6 Å². The van der Waals surface area contributed by atoms with Gasteiger partial charge in [-0.2, -0.15) is 4.98 Å². The van der Waals surface area contributed by atoms with E-state index in [1.807, 2.05) is 65.2 Å². The number of hydrogen-bond acceptors (Lipinski definition) is 6. The molecule has 0 radical (unpaired) electrons. The van der Waals surface area contributed by atoms with E-state index in [2.05, 4.69) is 36.0 Å². The van der Waals surface area contributed by atoms with E-state index in [9.17, 15) is 0 Å². The largest absolute Gasteiger partial charge is 0.497 e. The molecule has 33 heavy (non-hydrogen) atoms. The molecule has 0 aliphatic heterocycles. The number of nitrogens with zero attached hydrogens (tertiary/aromatic N) is 4. The highest BCUT2D eigenvalue weighted by atomic mass is 16.5. The first kappa shape index (κ1) is 22.6. The summed E-state index contributed by atoms with van der Waals surface area (Å²) in [5, 5.41) is 8.03. The lowest BCUT2D eigenvalue weighted by Crippen LogP contribution is -2.28. The molecule has 4 aromatic rings. The van der Waals surface area contributed by atoms with Crippen LogP contribution in [-0.4, -0.2) is 52.8 Å². The predicted molar refractivity (Wildman–Crippen MR) is 133 cm³/mol. The van der Waals surface area contributed by atoms with Gasteiger partial charge in [-0.05, 0) is 68.0 Å². The third-order valence-electron chi connectivity index (χ3n) is 5.75. The number of rotatable bonds is 10. The maximum Gasteiger partial charge on any atom is 0.247 e. The molecule has 172 valence electrons. The number of nitrogens with one attached hydrogen (secondary N) is 1. The van der Waals surface area contributed by atoms with E-state index >= 15 is 0 Å². The molecule has 0 atom stereocenters. The van der Waals surface area contributed by atoms with Crippen molar-refractivity contribution in [2.75, 3.05) is 38.7 Å². The summed E-state index contributed by atoms with van der Waals surface area (Å²) >= 11 is 0. The van der Waals surface area contributed by atoms with E-state index in [-0.39, 0.29) is 0 Å². The van der Waals surface area contributed by atoms with E-state index in [1.165, 1.54) is 0 Å². The topological polar surface area (TPSA) is 63.9 Å². The van der Waals surface area contributed by atoms with Gasteiger partial charge in [-0.1, -0.05) is 26.0 Å². The van der Waals surface area contributed by atoms with Gasteiger partial charge in [0.1, 0.15) is 18.1 Å². The van der Waals surface area contributed by atoms with Gasteiger partial charge in [-0.15, -0.1) is 5.10 Å². The minimum atomic E-state index is 0.536. The number of aryl methyl sites for hydroxylation is 1. The van der Waals surface area contributed by atoms with Crippen molar-refractivity contribution in [3.05, 3.63) is 66.2 Å². The first-order valence-corrected chi connectivity index (χ1v) is 11.3. The lowest BCUT2D eigenvalue weighted by Gasteiger charge is -2.18. The molecule has 1 N–H and O–H groups in total. The monoisotopic (exact) mass is 445 g/mol. The van der Waals surface area contributed by atoms with Gasteiger partial charge in [0.2, 0.25) is 5.95 Å². The standard InChI is InChI=1S/C26H31N5O2/c1-5-30(6-2)16-17-33-24-18-21(13-10-19(24)3)27-26-28-25-9-7-8-23(31(25)29-26)20-11-14-22(32-4)15-12-20/h7-15,18H,5-6,16-17H2,1-4H3,(H,27,29). The Morgan fingerprint density at radius 1 is 1.00 bits per heavy atom. The Hall–Kier alpha value is -3.58. The molecule has 0 saturated heterocycles. The van der Waals surface area contributed by atoms with Crippen molar-refractivity contribution in [2.45, 2.75) is 20.8 Å². The van der Waals surface area contributed by atoms with Crippen molar-refractivity contribution in [3.63, 3.8) is 0 Å². The maximum absolute atomic E-state index is 6.07. The molecular formula is C26H31N5O2. The summed E-state index contributed by atoms with van der Waals surface area (Å²) in [6, 6.07) is 20.0. The summed E-state index contributed by atoms with van der Waals surface area (Å²) < 4.78 is 13.2. The number of likely N-dealkylation sites (N-methyl/N-ethyl adjacent to an activating group) is 1. The fourth-order valence-corrected chi connectivity index (χ4v) is 3.73. The highest BCUT2D eigenvalue weighted by molar-refractivity contribution is 5.65. The Kier molecular flexibility index (Phi) is 7.10. The molecule has 7 nitrogen and oxygen atoms in total. The molecule has 0 spiro atoms. The Bertz CT molecular complexity index is 1200. The lowest BCUT2D eigenvalue weighted by molar-refractivity contribution is 0.222. The second-order valence-electron chi connectivity index (χ2n) is 7.83. The number of benzene rings is 2. The van der Waals surface area contributed by atoms with Crippen LogP contribution in [0.3, 0.4) is 0 Å². The van der Waals surface area contributed by atoms with Crippen molar-refractivity contribution in [1.29, 1.82) is 0 Å². The third kappa shape index (κ3) is 5.26. The fraction of sp³-hybridized carbons (Fsp3) is 0.308. The van der Waals surface area contributed by atoms with Gasteiger partial charge >= 0.3 is 0 Å². The molecule has 0 saturated carbocycles. The highest BCUT2D eigenvalue weighted by Gasteiger charge is 2.11. The van der Waals surface area contributed by atoms with Crippen LogP contribution >= 0.6 is 0 Å². The van der Waals surface area contributed by atoms with Crippen LogP contribution in [0.25, 0.3) is 16.9 Å². The molecule has 0 aliphatic rings. The van der Waals surface area contributed by atoms with Crippen LogP contribution in [0.15, 0.2) is 60.7 Å². The fourth-order valence-electron chi connectivity index (χ4n) is 3.73. The molecule has 0 aliphatic carbocycles. The smallest absolute Gasteiger partial charge is 0.247 e. The van der Waals surface area contributed by atoms with Gasteiger partial charge in [0.05, 0.1) is 12.8 Å². The number of methoxy groups -OCH3 is 1. The number of ether oxygens (including phenoxy) is 2. The Morgan fingerprint density at radius 3 is 2.52 bits per heavy atom. The number of anilines is 2. The van der Waals surface area contributed by atoms with Crippen molar-refractivity contribution in [3.8, 4) is 22.8 Å². The van der Waals surface area contributed by atoms with Gasteiger partial charge < -0.3 is 19.7 Å². The van der Waals surface area contributed by atoms with Crippen molar-refractivity contribution in [2.24, 2.45) is 0 Å². The van der Waals surface area contributed by atoms with E-state index in [0.717, 1.165) is 59.3 Å². The molecule has 2 heterocycles. The van der Waals surface area contributed by atoms with Crippen LogP contribution in [0, 0.1) is 6.92 Å². The van der Waals surface area contributed by atoms with Crippen LogP contribution < -0.4 is 14.8 Å². The summed E-state index contributed by atoms with van der Waals surface area (Å²) in [5.74, 6) is 2.23. The van der Waals surface area contributed by atoms with Crippen LogP contribution in [0.2, 0.25) is 0 Å². The summed E-state index contributed by atoms with van der Waals surface area (Å²) in [6.45, 7) is 10.0. The molecule has 2 aromatic carbocycles. The Morgan fingerprint density at radius 2 is 1.79 bits per heavy atom. The lowest BCUT2D eigenvalue weighted by atomic mass is 10.1. The molecule has 4 rings (SSSR count). The molecule has 7 heteroatoms. The molecule has 0 bridgehead atoms. The molecular weight excluding hydrogens is 414 g/mol. The first-order valence-electron chi connectivity index (χ1n) is 11.3. The number of aromatic nitrogens is 3. The van der Waals surface area contributed by atoms with Gasteiger partial charge in [0, 0.05) is 23.9 Å². The van der Waals surface area contributed by atoms with E-state index < -0.39 is 0 Å². The molecule has 0 fully saturated rings. The van der Waals surface area contributed by atoms with Crippen LogP contribution in [-0.2, 0) is 0 Å². The zero-order valence-corrected chi connectivity index (χ0v) is 19.7. The van der Waals surface area contributed by atoms with Crippen molar-refractivity contribution < 1.29 is 9.47 Å². The van der Waals surface area contributed by atoms with Gasteiger partial charge in [-0.3, -0.25) is 0 Å². The summed E-state index contributed by atoms with van der Waals surface area (Å²) in [6.07, 6.45) is 0. The normalized spacial score (nSPS) is 11.2. The molecule has 2 aromatic heterocycles. The van der Waals surface area contributed by atoms with Crippen LogP contribution in [0.4, 0.5) is 11.6 Å². The SMILES string of the molecule is CCN(CC)CCOc1cc(Nc2nc3cccc(-c4ccc(OC)cc4)n3n2)ccc1C. The summed E-state index contributed by atoms with van der Waals surface area (Å²) in [7, 11) is 1.66. The quantitative estimate of drug-likeness (QED) is 0.363. The van der Waals surface area contributed by atoms with Gasteiger partial charge in [0.25, 0.3) is 0 Å². The van der Waals surface area contributed by atoms with Gasteiger partial charge in [0.15, 0.2) is 5.65 Å². The van der Waals surface area contributed by atoms with E-state index in [4.69, 9.17) is 14.6 Å². The first-order chi connectivity index (χ1) is 16.1. The number of pyridine rings is 1. The highest BCUT2D eigenvalue weighted by Crippen LogP contribution is 2.26.